The molecule has 0 aromatic heterocycles. The van der Waals surface area contributed by atoms with Crippen molar-refractivity contribution in [2.24, 2.45) is 0 Å². The first kappa shape index (κ1) is 15.7. The average Bonchev–Trinajstić information content (AvgIpc) is 3.21. The van der Waals surface area contributed by atoms with Crippen molar-refractivity contribution in [1.29, 1.82) is 5.26 Å². The van der Waals surface area contributed by atoms with Gasteiger partial charge in [0.2, 0.25) is 0 Å². The molecule has 0 spiro atoms. The summed E-state index contributed by atoms with van der Waals surface area (Å²) in [7, 11) is 0. The molecule has 1 fully saturated rings. The smallest absolute Gasteiger partial charge is 0.129 e. The Bertz CT molecular complexity index is 505. The normalized spacial score (nSPS) is 17.0. The topological polar surface area (TPSA) is 45.0 Å². The highest BCUT2D eigenvalue weighted by Crippen LogP contribution is 2.25. The number of hydrogen-bond donors (Lipinski definition) is 1. The molecule has 1 aliphatic carbocycles. The molecule has 1 aromatic rings. The molecule has 1 unspecified atom stereocenters. The molecule has 1 aromatic carbocycles. The van der Waals surface area contributed by atoms with Crippen molar-refractivity contribution >= 4 is 0 Å². The Morgan fingerprint density at radius 1 is 1.29 bits per heavy atom. The van der Waals surface area contributed by atoms with Crippen molar-refractivity contribution in [1.82, 2.24) is 5.32 Å². The number of nitrogens with one attached hydrogen (secondary N) is 1. The summed E-state index contributed by atoms with van der Waals surface area (Å²) in [6.45, 7) is 2.29. The zero-order chi connectivity index (χ0) is 15.3. The van der Waals surface area contributed by atoms with Gasteiger partial charge in [-0.25, -0.2) is 8.78 Å². The first-order valence-electron chi connectivity index (χ1n) is 7.29. The summed E-state index contributed by atoms with van der Waals surface area (Å²) in [5, 5.41) is 12.6. The van der Waals surface area contributed by atoms with Gasteiger partial charge in [0.1, 0.15) is 22.9 Å². The maximum atomic E-state index is 13.0. The van der Waals surface area contributed by atoms with Crippen molar-refractivity contribution in [2.45, 2.75) is 50.6 Å². The van der Waals surface area contributed by atoms with E-state index in [1.807, 2.05) is 6.92 Å². The van der Waals surface area contributed by atoms with Crippen LogP contribution in [0.1, 0.15) is 39.0 Å². The van der Waals surface area contributed by atoms with Gasteiger partial charge in [0.05, 0.1) is 12.7 Å². The number of halogens is 2. The van der Waals surface area contributed by atoms with Gasteiger partial charge in [-0.2, -0.15) is 5.26 Å². The van der Waals surface area contributed by atoms with E-state index < -0.39 is 17.2 Å². The minimum absolute atomic E-state index is 0.201. The molecule has 1 saturated carbocycles. The third kappa shape index (κ3) is 5.31. The highest BCUT2D eigenvalue weighted by molar-refractivity contribution is 5.23. The van der Waals surface area contributed by atoms with Crippen LogP contribution in [0.4, 0.5) is 8.78 Å². The maximum absolute atomic E-state index is 13.0. The second-order valence-corrected chi connectivity index (χ2v) is 5.77. The molecule has 114 valence electrons. The quantitative estimate of drug-likeness (QED) is 0.746. The van der Waals surface area contributed by atoms with Crippen LogP contribution in [0.15, 0.2) is 18.2 Å². The van der Waals surface area contributed by atoms with Gasteiger partial charge in [-0.1, -0.05) is 0 Å². The molecule has 1 aliphatic rings. The fraction of sp³-hybridized carbons (Fsp3) is 0.562. The molecule has 1 N–H and O–H groups in total. The van der Waals surface area contributed by atoms with E-state index in [2.05, 4.69) is 11.4 Å². The third-order valence-corrected chi connectivity index (χ3v) is 3.52. The van der Waals surface area contributed by atoms with Crippen molar-refractivity contribution < 1.29 is 13.5 Å². The van der Waals surface area contributed by atoms with Crippen molar-refractivity contribution in [3.63, 3.8) is 0 Å². The van der Waals surface area contributed by atoms with Crippen LogP contribution in [0.5, 0.6) is 5.75 Å². The molecule has 0 radical (unpaired) electrons. The van der Waals surface area contributed by atoms with Gasteiger partial charge in [-0.15, -0.1) is 0 Å². The Balaban J connectivity index is 1.68. The summed E-state index contributed by atoms with van der Waals surface area (Å²) < 4.78 is 31.3. The van der Waals surface area contributed by atoms with Gasteiger partial charge in [0.15, 0.2) is 0 Å². The lowest BCUT2D eigenvalue weighted by molar-refractivity contribution is 0.292. The fourth-order valence-corrected chi connectivity index (χ4v) is 2.22. The van der Waals surface area contributed by atoms with Crippen molar-refractivity contribution in [3.05, 3.63) is 29.8 Å². The number of nitrogens with zero attached hydrogens (tertiary/aromatic N) is 1. The molecule has 0 heterocycles. The van der Waals surface area contributed by atoms with Crippen molar-refractivity contribution in [3.8, 4) is 11.8 Å². The fourth-order valence-electron chi connectivity index (χ4n) is 2.22. The molecule has 2 rings (SSSR count). The van der Waals surface area contributed by atoms with E-state index in [1.165, 1.54) is 0 Å². The van der Waals surface area contributed by atoms with Crippen LogP contribution in [0.25, 0.3) is 0 Å². The first-order valence-corrected chi connectivity index (χ1v) is 7.29. The van der Waals surface area contributed by atoms with E-state index in [0.29, 0.717) is 12.6 Å². The summed E-state index contributed by atoms with van der Waals surface area (Å²) in [5.41, 5.74) is -0.494. The molecule has 0 amide bonds. The highest BCUT2D eigenvalue weighted by Gasteiger charge is 2.31. The van der Waals surface area contributed by atoms with Gasteiger partial charge in [0, 0.05) is 24.2 Å². The lowest BCUT2D eigenvalue weighted by atomic mass is 9.96. The van der Waals surface area contributed by atoms with E-state index in [9.17, 15) is 14.0 Å². The number of hydrogen-bond acceptors (Lipinski definition) is 3. The number of unbranched alkanes of at least 4 members (excludes halogenated alkanes) is 1. The number of benzene rings is 1. The molecule has 3 nitrogen and oxygen atoms in total. The molecular weight excluding hydrogens is 274 g/mol. The third-order valence-electron chi connectivity index (χ3n) is 3.52. The molecular formula is C16H20F2N2O. The molecule has 1 atom stereocenters. The summed E-state index contributed by atoms with van der Waals surface area (Å²) in [5.74, 6) is -1.09. The minimum atomic E-state index is -0.643. The zero-order valence-corrected chi connectivity index (χ0v) is 12.2. The van der Waals surface area contributed by atoms with Gasteiger partial charge >= 0.3 is 0 Å². The second-order valence-electron chi connectivity index (χ2n) is 5.77. The molecule has 21 heavy (non-hydrogen) atoms. The Kier molecular flexibility index (Phi) is 5.13. The largest absolute Gasteiger partial charge is 0.493 e. The molecule has 0 saturated heterocycles. The first-order chi connectivity index (χ1) is 10.0. The van der Waals surface area contributed by atoms with Gasteiger partial charge < -0.3 is 4.74 Å². The predicted molar refractivity (Wildman–Crippen MR) is 75.9 cm³/mol. The van der Waals surface area contributed by atoms with E-state index in [4.69, 9.17) is 4.74 Å². The minimum Gasteiger partial charge on any atom is -0.493 e. The highest BCUT2D eigenvalue weighted by atomic mass is 19.1. The van der Waals surface area contributed by atoms with Crippen LogP contribution in [-0.4, -0.2) is 18.2 Å². The Morgan fingerprint density at radius 3 is 2.52 bits per heavy atom. The van der Waals surface area contributed by atoms with E-state index in [1.54, 1.807) is 0 Å². The molecule has 0 aliphatic heterocycles. The summed E-state index contributed by atoms with van der Waals surface area (Å²) in [4.78, 5) is 0. The van der Waals surface area contributed by atoms with Crippen LogP contribution in [-0.2, 0) is 0 Å². The van der Waals surface area contributed by atoms with Crippen LogP contribution in [0.2, 0.25) is 0 Å². The average molecular weight is 294 g/mol. The number of rotatable bonds is 8. The van der Waals surface area contributed by atoms with Gasteiger partial charge in [-0.05, 0) is 39.0 Å². The van der Waals surface area contributed by atoms with Gasteiger partial charge in [0.25, 0.3) is 0 Å². The summed E-state index contributed by atoms with van der Waals surface area (Å²) in [6, 6.07) is 5.95. The summed E-state index contributed by atoms with van der Waals surface area (Å²) in [6.07, 6.45) is 4.58. The van der Waals surface area contributed by atoms with E-state index in [-0.39, 0.29) is 5.75 Å². The zero-order valence-electron chi connectivity index (χ0n) is 12.2. The monoisotopic (exact) mass is 294 g/mol. The van der Waals surface area contributed by atoms with Crippen LogP contribution < -0.4 is 10.1 Å². The SMILES string of the molecule is CC(C#N)(CCCCOc1cc(F)cc(F)c1)NC1CC1. The maximum Gasteiger partial charge on any atom is 0.129 e. The van der Waals surface area contributed by atoms with Gasteiger partial charge in [-0.3, -0.25) is 5.32 Å². The van der Waals surface area contributed by atoms with Crippen LogP contribution in [0, 0.1) is 23.0 Å². The van der Waals surface area contributed by atoms with E-state index in [0.717, 1.165) is 50.3 Å². The Morgan fingerprint density at radius 2 is 1.95 bits per heavy atom. The molecule has 5 heteroatoms. The van der Waals surface area contributed by atoms with Crippen LogP contribution in [0.3, 0.4) is 0 Å². The molecule has 0 bridgehead atoms. The Labute approximate surface area is 123 Å². The standard InChI is InChI=1S/C16H20F2N2O/c1-16(11-19,20-14-4-5-14)6-2-3-7-21-15-9-12(17)8-13(18)10-15/h8-10,14,20H,2-7H2,1H3. The van der Waals surface area contributed by atoms with Crippen molar-refractivity contribution in [2.75, 3.05) is 6.61 Å². The summed E-state index contributed by atoms with van der Waals surface area (Å²) >= 11 is 0. The predicted octanol–water partition coefficient (Wildman–Crippen LogP) is 3.55. The van der Waals surface area contributed by atoms with E-state index >= 15 is 0 Å². The number of nitriles is 1. The lowest BCUT2D eigenvalue weighted by Gasteiger charge is -2.23. The lowest BCUT2D eigenvalue weighted by Crippen LogP contribution is -2.42. The number of ether oxygens (including phenoxy) is 1. The van der Waals surface area contributed by atoms with Crippen LogP contribution >= 0.6 is 0 Å². The second kappa shape index (κ2) is 6.86. The Hall–Kier alpha value is -1.67.